The van der Waals surface area contributed by atoms with Crippen LogP contribution in [-0.2, 0) is 4.79 Å². The summed E-state index contributed by atoms with van der Waals surface area (Å²) >= 11 is 0. The largest absolute Gasteiger partial charge is 0.299 e. The Hall–Kier alpha value is -0.330. The van der Waals surface area contributed by atoms with E-state index in [4.69, 9.17) is 0 Å². The van der Waals surface area contributed by atoms with Crippen LogP contribution in [0, 0.1) is 62.6 Å². The smallest absolute Gasteiger partial charge is 0.138 e. The lowest BCUT2D eigenvalue weighted by molar-refractivity contribution is -0.234. The highest BCUT2D eigenvalue weighted by Gasteiger charge is 2.70. The van der Waals surface area contributed by atoms with E-state index in [9.17, 15) is 4.79 Å². The third kappa shape index (κ3) is 2.65. The average Bonchev–Trinajstić information content (AvgIpc) is 3.04. The number of ketones is 1. The van der Waals surface area contributed by atoms with E-state index in [0.717, 1.165) is 42.4 Å². The topological polar surface area (TPSA) is 17.1 Å². The summed E-state index contributed by atoms with van der Waals surface area (Å²) in [4.78, 5) is 12.9. The fourth-order valence-corrected chi connectivity index (χ4v) is 11.5. The zero-order chi connectivity index (χ0) is 22.6. The first-order valence-electron chi connectivity index (χ1n) is 13.8. The van der Waals surface area contributed by atoms with Crippen molar-refractivity contribution in [2.45, 2.75) is 120 Å². The molecule has 0 bridgehead atoms. The third-order valence-electron chi connectivity index (χ3n) is 13.5. The molecule has 31 heavy (non-hydrogen) atoms. The van der Waals surface area contributed by atoms with Gasteiger partial charge >= 0.3 is 0 Å². The molecule has 5 saturated carbocycles. The van der Waals surface area contributed by atoms with Gasteiger partial charge in [0.05, 0.1) is 0 Å². The Balaban J connectivity index is 1.54. The molecule has 6 unspecified atom stereocenters. The van der Waals surface area contributed by atoms with E-state index < -0.39 is 0 Å². The van der Waals surface area contributed by atoms with Gasteiger partial charge in [-0.15, -0.1) is 0 Å². The van der Waals surface area contributed by atoms with Crippen LogP contribution in [0.15, 0.2) is 0 Å². The molecule has 9 atom stereocenters. The maximum absolute atomic E-state index is 12.9. The standard InChI is InChI=1S/C30H50O/c1-19(2)20-11-14-27(5)17-18-29(7)21(25(20)27)9-10-23-28(6)15-13-24(31)26(3,4)22(28)12-16-30(23,29)8/h19-23,25H,9-18H2,1-8H3/t20?,21-,22+,23?,25-,27?,28?,29?,30?/m1/s1. The Bertz CT molecular complexity index is 764. The number of hydrogen-bond donors (Lipinski definition) is 0. The number of rotatable bonds is 1. The van der Waals surface area contributed by atoms with E-state index in [2.05, 4.69) is 55.4 Å². The molecular weight excluding hydrogens is 376 g/mol. The monoisotopic (exact) mass is 426 g/mol. The lowest BCUT2D eigenvalue weighted by atomic mass is 9.32. The van der Waals surface area contributed by atoms with Gasteiger partial charge in [-0.25, -0.2) is 0 Å². The Morgan fingerprint density at radius 3 is 2.13 bits per heavy atom. The summed E-state index contributed by atoms with van der Waals surface area (Å²) in [6, 6.07) is 0. The molecule has 1 heteroatoms. The van der Waals surface area contributed by atoms with Crippen molar-refractivity contribution in [3.63, 3.8) is 0 Å². The first-order chi connectivity index (χ1) is 14.3. The number of carbonyl (C=O) groups excluding carboxylic acids is 1. The fraction of sp³-hybridized carbons (Fsp3) is 0.967. The minimum absolute atomic E-state index is 0.120. The quantitative estimate of drug-likeness (QED) is 0.412. The summed E-state index contributed by atoms with van der Waals surface area (Å²) < 4.78 is 0. The minimum atomic E-state index is -0.120. The van der Waals surface area contributed by atoms with Gasteiger partial charge in [0, 0.05) is 11.8 Å². The maximum atomic E-state index is 12.9. The van der Waals surface area contributed by atoms with Gasteiger partial charge in [-0.1, -0.05) is 55.4 Å². The Morgan fingerprint density at radius 2 is 1.45 bits per heavy atom. The molecule has 176 valence electrons. The summed E-state index contributed by atoms with van der Waals surface area (Å²) in [6.45, 7) is 20.3. The van der Waals surface area contributed by atoms with Gasteiger partial charge < -0.3 is 0 Å². The second-order valence-corrected chi connectivity index (χ2v) is 14.9. The summed E-state index contributed by atoms with van der Waals surface area (Å²) in [6.07, 6.45) is 13.3. The molecule has 0 saturated heterocycles. The minimum Gasteiger partial charge on any atom is -0.299 e. The predicted octanol–water partition coefficient (Wildman–Crippen LogP) is 8.31. The molecule has 0 radical (unpaired) electrons. The Labute approximate surface area is 192 Å². The SMILES string of the molecule is CC(C)C1CCC2(C)CCC3(C)[C@H](CCC4C5(C)CCC(=O)C(C)(C)[C@@H]5CCC43C)[C@@H]12. The van der Waals surface area contributed by atoms with E-state index in [-0.39, 0.29) is 5.41 Å². The van der Waals surface area contributed by atoms with Gasteiger partial charge in [-0.2, -0.15) is 0 Å². The van der Waals surface area contributed by atoms with Gasteiger partial charge in [0.2, 0.25) is 0 Å². The average molecular weight is 427 g/mol. The van der Waals surface area contributed by atoms with Crippen molar-refractivity contribution >= 4 is 5.78 Å². The van der Waals surface area contributed by atoms with Gasteiger partial charge in [0.15, 0.2) is 0 Å². The summed E-state index contributed by atoms with van der Waals surface area (Å²) in [5, 5.41) is 0. The van der Waals surface area contributed by atoms with Gasteiger partial charge in [-0.05, 0) is 115 Å². The number of carbonyl (C=O) groups is 1. The molecule has 0 aliphatic heterocycles. The van der Waals surface area contributed by atoms with Gasteiger partial charge in [-0.3, -0.25) is 4.79 Å². The molecule has 5 fully saturated rings. The number of hydrogen-bond acceptors (Lipinski definition) is 1. The fourth-order valence-electron chi connectivity index (χ4n) is 11.5. The van der Waals surface area contributed by atoms with Crippen molar-refractivity contribution < 1.29 is 4.79 Å². The number of fused-ring (bicyclic) bond motifs is 7. The molecule has 0 spiro atoms. The molecular formula is C30H50O. The molecule has 0 aromatic rings. The zero-order valence-electron chi connectivity index (χ0n) is 21.9. The Morgan fingerprint density at radius 1 is 0.742 bits per heavy atom. The van der Waals surface area contributed by atoms with Crippen molar-refractivity contribution in [1.82, 2.24) is 0 Å². The first kappa shape index (κ1) is 22.5. The summed E-state index contributed by atoms with van der Waals surface area (Å²) in [5.41, 5.74) is 1.76. The molecule has 5 aliphatic carbocycles. The van der Waals surface area contributed by atoms with Crippen LogP contribution in [0.2, 0.25) is 0 Å². The highest BCUT2D eigenvalue weighted by atomic mass is 16.1. The lowest BCUT2D eigenvalue weighted by Gasteiger charge is -2.72. The van der Waals surface area contributed by atoms with E-state index in [1.807, 2.05) is 0 Å². The van der Waals surface area contributed by atoms with Crippen LogP contribution in [0.1, 0.15) is 120 Å². The molecule has 0 aromatic carbocycles. The van der Waals surface area contributed by atoms with Crippen LogP contribution >= 0.6 is 0 Å². The molecule has 1 nitrogen and oxygen atoms in total. The van der Waals surface area contributed by atoms with E-state index >= 15 is 0 Å². The molecule has 0 aromatic heterocycles. The van der Waals surface area contributed by atoms with Gasteiger partial charge in [0.25, 0.3) is 0 Å². The van der Waals surface area contributed by atoms with E-state index in [1.165, 1.54) is 51.4 Å². The third-order valence-corrected chi connectivity index (χ3v) is 13.5. The van der Waals surface area contributed by atoms with Crippen LogP contribution in [-0.4, -0.2) is 5.78 Å². The van der Waals surface area contributed by atoms with Crippen LogP contribution in [0.4, 0.5) is 0 Å². The molecule has 5 rings (SSSR count). The van der Waals surface area contributed by atoms with Crippen LogP contribution < -0.4 is 0 Å². The zero-order valence-corrected chi connectivity index (χ0v) is 21.9. The molecule has 0 heterocycles. The first-order valence-corrected chi connectivity index (χ1v) is 13.8. The van der Waals surface area contributed by atoms with Crippen molar-refractivity contribution in [3.8, 4) is 0 Å². The predicted molar refractivity (Wildman–Crippen MR) is 130 cm³/mol. The van der Waals surface area contributed by atoms with Crippen molar-refractivity contribution in [3.05, 3.63) is 0 Å². The van der Waals surface area contributed by atoms with Crippen molar-refractivity contribution in [2.75, 3.05) is 0 Å². The van der Waals surface area contributed by atoms with Gasteiger partial charge in [0.1, 0.15) is 5.78 Å². The summed E-state index contributed by atoms with van der Waals surface area (Å²) in [5.74, 6) is 5.56. The Kier molecular flexibility index (Phi) is 4.80. The van der Waals surface area contributed by atoms with Crippen LogP contribution in [0.25, 0.3) is 0 Å². The highest BCUT2D eigenvalue weighted by Crippen LogP contribution is 2.77. The molecule has 0 amide bonds. The van der Waals surface area contributed by atoms with Crippen molar-refractivity contribution in [2.24, 2.45) is 62.6 Å². The molecule has 0 N–H and O–H groups in total. The highest BCUT2D eigenvalue weighted by molar-refractivity contribution is 5.85. The van der Waals surface area contributed by atoms with E-state index in [0.29, 0.717) is 33.4 Å². The second kappa shape index (κ2) is 6.63. The molecule has 5 aliphatic rings. The normalized spacial score (nSPS) is 55.9. The maximum Gasteiger partial charge on any atom is 0.138 e. The van der Waals surface area contributed by atoms with Crippen molar-refractivity contribution in [1.29, 1.82) is 0 Å². The van der Waals surface area contributed by atoms with Crippen LogP contribution in [0.5, 0.6) is 0 Å². The van der Waals surface area contributed by atoms with E-state index in [1.54, 1.807) is 0 Å². The summed E-state index contributed by atoms with van der Waals surface area (Å²) in [7, 11) is 0. The second-order valence-electron chi connectivity index (χ2n) is 14.9. The number of Topliss-reactive ketones (excluding diaryl/α,β-unsaturated/α-hetero) is 1. The lowest BCUT2D eigenvalue weighted by Crippen LogP contribution is -2.66. The van der Waals surface area contributed by atoms with Crippen LogP contribution in [0.3, 0.4) is 0 Å².